The zero-order valence-corrected chi connectivity index (χ0v) is 10.1. The van der Waals surface area contributed by atoms with Gasteiger partial charge in [0.2, 0.25) is 5.71 Å². The van der Waals surface area contributed by atoms with Crippen molar-refractivity contribution >= 4 is 33.0 Å². The van der Waals surface area contributed by atoms with Crippen LogP contribution < -0.4 is 5.43 Å². The maximum atomic E-state index is 13.2. The van der Waals surface area contributed by atoms with Crippen LogP contribution in [0.3, 0.4) is 0 Å². The van der Waals surface area contributed by atoms with Gasteiger partial charge in [0.25, 0.3) is 5.69 Å². The molecular formula is C9H3BrFN5O2. The van der Waals surface area contributed by atoms with Crippen molar-refractivity contribution < 1.29 is 9.31 Å². The van der Waals surface area contributed by atoms with Gasteiger partial charge in [-0.15, -0.1) is 0 Å². The number of nitro groups is 1. The highest BCUT2D eigenvalue weighted by Gasteiger charge is 2.17. The minimum absolute atomic E-state index is 0.0791. The molecule has 1 rings (SSSR count). The Bertz CT molecular complexity index is 601. The van der Waals surface area contributed by atoms with E-state index in [1.165, 1.54) is 12.1 Å². The Morgan fingerprint density at radius 3 is 2.61 bits per heavy atom. The zero-order valence-electron chi connectivity index (χ0n) is 8.52. The van der Waals surface area contributed by atoms with Crippen LogP contribution in [0.5, 0.6) is 0 Å². The summed E-state index contributed by atoms with van der Waals surface area (Å²) in [4.78, 5) is 9.96. The standard InChI is InChI=1S/C9H3BrFN5O2/c10-6-1-9(16(17)18)8(2-7(6)11)15-14-5(3-12)4-13/h1-2,15H. The van der Waals surface area contributed by atoms with E-state index in [2.05, 4.69) is 26.5 Å². The summed E-state index contributed by atoms with van der Waals surface area (Å²) in [5.41, 5.74) is 0.868. The number of hydrogen-bond acceptors (Lipinski definition) is 6. The van der Waals surface area contributed by atoms with Gasteiger partial charge in [-0.2, -0.15) is 15.6 Å². The molecule has 9 heteroatoms. The Morgan fingerprint density at radius 2 is 2.11 bits per heavy atom. The van der Waals surface area contributed by atoms with Gasteiger partial charge in [-0.3, -0.25) is 15.5 Å². The predicted molar refractivity (Wildman–Crippen MR) is 63.0 cm³/mol. The van der Waals surface area contributed by atoms with Gasteiger partial charge in [-0.05, 0) is 15.9 Å². The lowest BCUT2D eigenvalue weighted by Crippen LogP contribution is -2.01. The van der Waals surface area contributed by atoms with E-state index >= 15 is 0 Å². The fourth-order valence-corrected chi connectivity index (χ4v) is 1.30. The summed E-state index contributed by atoms with van der Waals surface area (Å²) in [6.45, 7) is 0. The highest BCUT2D eigenvalue weighted by atomic mass is 79.9. The number of nitrogens with one attached hydrogen (secondary N) is 1. The minimum Gasteiger partial charge on any atom is -0.270 e. The molecule has 0 aliphatic rings. The largest absolute Gasteiger partial charge is 0.295 e. The van der Waals surface area contributed by atoms with Gasteiger partial charge in [0, 0.05) is 12.1 Å². The van der Waals surface area contributed by atoms with Crippen molar-refractivity contribution in [3.63, 3.8) is 0 Å². The lowest BCUT2D eigenvalue weighted by molar-refractivity contribution is -0.384. The average molecular weight is 312 g/mol. The van der Waals surface area contributed by atoms with Crippen LogP contribution in [0.2, 0.25) is 0 Å². The van der Waals surface area contributed by atoms with E-state index in [4.69, 9.17) is 10.5 Å². The molecule has 0 radical (unpaired) electrons. The van der Waals surface area contributed by atoms with Crippen molar-refractivity contribution in [1.29, 1.82) is 10.5 Å². The number of nitriles is 2. The first-order valence-corrected chi connectivity index (χ1v) is 5.06. The first-order valence-electron chi connectivity index (χ1n) is 4.27. The molecule has 0 fully saturated rings. The van der Waals surface area contributed by atoms with Crippen molar-refractivity contribution in [2.45, 2.75) is 0 Å². The summed E-state index contributed by atoms with van der Waals surface area (Å²) in [6, 6.07) is 4.68. The Balaban J connectivity index is 3.21. The summed E-state index contributed by atoms with van der Waals surface area (Å²) >= 11 is 2.81. The van der Waals surface area contributed by atoms with Gasteiger partial charge in [-0.1, -0.05) is 0 Å². The smallest absolute Gasteiger partial charge is 0.270 e. The highest BCUT2D eigenvalue weighted by Crippen LogP contribution is 2.30. The third kappa shape index (κ3) is 2.99. The molecule has 0 saturated carbocycles. The summed E-state index contributed by atoms with van der Waals surface area (Å²) in [5.74, 6) is -0.742. The first-order chi connectivity index (χ1) is 8.49. The quantitative estimate of drug-likeness (QED) is 0.522. The second kappa shape index (κ2) is 5.70. The van der Waals surface area contributed by atoms with Crippen molar-refractivity contribution in [2.24, 2.45) is 5.10 Å². The molecule has 0 spiro atoms. The summed E-state index contributed by atoms with van der Waals surface area (Å²) in [5, 5.41) is 30.9. The lowest BCUT2D eigenvalue weighted by Gasteiger charge is -2.03. The van der Waals surface area contributed by atoms with Crippen LogP contribution in [-0.4, -0.2) is 10.6 Å². The number of rotatable bonds is 3. The number of benzene rings is 1. The third-order valence-electron chi connectivity index (χ3n) is 1.74. The SMILES string of the molecule is N#CC(C#N)=NNc1cc(F)c(Br)cc1[N+](=O)[O-]. The van der Waals surface area contributed by atoms with Gasteiger partial charge in [-0.25, -0.2) is 4.39 Å². The van der Waals surface area contributed by atoms with Crippen molar-refractivity contribution in [1.82, 2.24) is 0 Å². The van der Waals surface area contributed by atoms with Gasteiger partial charge >= 0.3 is 0 Å². The second-order valence-corrected chi connectivity index (χ2v) is 3.69. The summed E-state index contributed by atoms with van der Waals surface area (Å²) < 4.78 is 13.1. The monoisotopic (exact) mass is 311 g/mol. The Kier molecular flexibility index (Phi) is 4.29. The molecule has 0 unspecified atom stereocenters. The Morgan fingerprint density at radius 1 is 1.50 bits per heavy atom. The van der Waals surface area contributed by atoms with Gasteiger partial charge in [0.15, 0.2) is 0 Å². The molecule has 0 saturated heterocycles. The van der Waals surface area contributed by atoms with Crippen molar-refractivity contribution in [3.8, 4) is 12.1 Å². The number of nitrogens with zero attached hydrogens (tertiary/aromatic N) is 4. The molecule has 0 aromatic heterocycles. The van der Waals surface area contributed by atoms with Crippen LogP contribution in [0.4, 0.5) is 15.8 Å². The van der Waals surface area contributed by atoms with Crippen LogP contribution in [0.1, 0.15) is 0 Å². The Hall–Kier alpha value is -2.52. The number of halogens is 2. The van der Waals surface area contributed by atoms with Crippen LogP contribution in [-0.2, 0) is 0 Å². The first kappa shape index (κ1) is 13.5. The predicted octanol–water partition coefficient (Wildman–Crippen LogP) is 2.31. The highest BCUT2D eigenvalue weighted by molar-refractivity contribution is 9.10. The van der Waals surface area contributed by atoms with Gasteiger partial charge in [0.1, 0.15) is 23.6 Å². The maximum absolute atomic E-state index is 13.2. The maximum Gasteiger partial charge on any atom is 0.295 e. The fourth-order valence-electron chi connectivity index (χ4n) is 0.968. The lowest BCUT2D eigenvalue weighted by atomic mass is 10.2. The van der Waals surface area contributed by atoms with Crippen LogP contribution in [0.25, 0.3) is 0 Å². The second-order valence-electron chi connectivity index (χ2n) is 2.84. The molecule has 0 atom stereocenters. The van der Waals surface area contributed by atoms with Crippen molar-refractivity contribution in [3.05, 3.63) is 32.5 Å². The molecular weight excluding hydrogens is 309 g/mol. The van der Waals surface area contributed by atoms with E-state index in [1.54, 1.807) is 0 Å². The molecule has 0 amide bonds. The zero-order chi connectivity index (χ0) is 13.7. The summed E-state index contributed by atoms with van der Waals surface area (Å²) in [6.07, 6.45) is 0. The van der Waals surface area contributed by atoms with E-state index in [-0.39, 0.29) is 10.2 Å². The van der Waals surface area contributed by atoms with E-state index in [0.717, 1.165) is 12.1 Å². The van der Waals surface area contributed by atoms with Crippen LogP contribution in [0.15, 0.2) is 21.7 Å². The van der Waals surface area contributed by atoms with E-state index in [1.807, 2.05) is 0 Å². The third-order valence-corrected chi connectivity index (χ3v) is 2.34. The van der Waals surface area contributed by atoms with E-state index in [9.17, 15) is 14.5 Å². The summed E-state index contributed by atoms with van der Waals surface area (Å²) in [7, 11) is 0. The molecule has 0 aliphatic carbocycles. The Labute approximate surface area is 108 Å². The van der Waals surface area contributed by atoms with E-state index < -0.39 is 22.1 Å². The molecule has 90 valence electrons. The molecule has 1 aromatic carbocycles. The van der Waals surface area contributed by atoms with E-state index in [0.29, 0.717) is 0 Å². The number of nitro benzene ring substituents is 1. The minimum atomic E-state index is -0.750. The molecule has 0 bridgehead atoms. The van der Waals surface area contributed by atoms with Gasteiger partial charge in [0.05, 0.1) is 9.40 Å². The molecule has 0 aliphatic heterocycles. The molecule has 7 nitrogen and oxygen atoms in total. The molecule has 1 N–H and O–H groups in total. The fraction of sp³-hybridized carbons (Fsp3) is 0. The molecule has 1 aromatic rings. The topological polar surface area (TPSA) is 115 Å². The number of anilines is 1. The average Bonchev–Trinajstić information content (AvgIpc) is 2.34. The molecule has 18 heavy (non-hydrogen) atoms. The normalized spacial score (nSPS) is 8.89. The van der Waals surface area contributed by atoms with Crippen molar-refractivity contribution in [2.75, 3.05) is 5.43 Å². The number of hydrazone groups is 1. The number of hydrogen-bond donors (Lipinski definition) is 1. The van der Waals surface area contributed by atoms with Gasteiger partial charge < -0.3 is 0 Å². The van der Waals surface area contributed by atoms with Crippen LogP contribution in [0, 0.1) is 38.6 Å². The van der Waals surface area contributed by atoms with Crippen LogP contribution >= 0.6 is 15.9 Å². The molecule has 0 heterocycles.